The predicted octanol–water partition coefficient (Wildman–Crippen LogP) is 3.70. The highest BCUT2D eigenvalue weighted by molar-refractivity contribution is 9.10. The van der Waals surface area contributed by atoms with E-state index in [4.69, 9.17) is 11.6 Å². The molecular weight excluding hydrogens is 223 g/mol. The summed E-state index contributed by atoms with van der Waals surface area (Å²) in [5, 5.41) is 0. The minimum atomic E-state index is 0.488. The molecule has 0 saturated heterocycles. The molecule has 0 nitrogen and oxygen atoms in total. The fraction of sp³-hybridized carbons (Fsp3) is 0.111. The molecule has 0 amide bonds. The average Bonchev–Trinajstić information content (AvgIpc) is 2.05. The van der Waals surface area contributed by atoms with E-state index >= 15 is 0 Å². The van der Waals surface area contributed by atoms with Gasteiger partial charge in [-0.3, -0.25) is 0 Å². The van der Waals surface area contributed by atoms with Crippen LogP contribution in [0.2, 0.25) is 0 Å². The highest BCUT2D eigenvalue weighted by Crippen LogP contribution is 2.16. The van der Waals surface area contributed by atoms with E-state index in [9.17, 15) is 0 Å². The Hall–Kier alpha value is -0.270. The zero-order valence-electron chi connectivity index (χ0n) is 5.98. The van der Waals surface area contributed by atoms with E-state index in [2.05, 4.69) is 22.5 Å². The SMILES string of the molecule is C=C(CCl)c1ccc(Br)cc1. The van der Waals surface area contributed by atoms with Gasteiger partial charge in [0.15, 0.2) is 0 Å². The lowest BCUT2D eigenvalue weighted by molar-refractivity contribution is 1.56. The molecule has 0 aliphatic carbocycles. The highest BCUT2D eigenvalue weighted by Gasteiger charge is 1.95. The molecular formula is C9H8BrCl. The van der Waals surface area contributed by atoms with Gasteiger partial charge in [-0.1, -0.05) is 34.6 Å². The van der Waals surface area contributed by atoms with Gasteiger partial charge in [-0.05, 0) is 23.3 Å². The molecule has 1 aromatic carbocycles. The fourth-order valence-corrected chi connectivity index (χ4v) is 1.18. The standard InChI is InChI=1S/C9H8BrCl/c1-7(6-11)8-2-4-9(10)5-3-8/h2-5H,1,6H2. The van der Waals surface area contributed by atoms with Crippen molar-refractivity contribution in [2.24, 2.45) is 0 Å². The number of halogens is 2. The quantitative estimate of drug-likeness (QED) is 0.681. The van der Waals surface area contributed by atoms with E-state index in [1.165, 1.54) is 0 Å². The summed E-state index contributed by atoms with van der Waals surface area (Å²) >= 11 is 8.97. The molecule has 1 aromatic rings. The summed E-state index contributed by atoms with van der Waals surface area (Å²) in [6.07, 6.45) is 0. The lowest BCUT2D eigenvalue weighted by Crippen LogP contribution is -1.81. The van der Waals surface area contributed by atoms with Crippen LogP contribution in [0, 0.1) is 0 Å². The van der Waals surface area contributed by atoms with E-state index in [0.717, 1.165) is 15.6 Å². The third-order valence-corrected chi connectivity index (χ3v) is 2.27. The minimum Gasteiger partial charge on any atom is -0.122 e. The predicted molar refractivity (Wildman–Crippen MR) is 53.9 cm³/mol. The fourth-order valence-electron chi connectivity index (χ4n) is 0.763. The zero-order valence-corrected chi connectivity index (χ0v) is 8.32. The summed E-state index contributed by atoms with van der Waals surface area (Å²) in [6, 6.07) is 7.95. The molecule has 0 bridgehead atoms. The Morgan fingerprint density at radius 1 is 1.36 bits per heavy atom. The van der Waals surface area contributed by atoms with Crippen LogP contribution < -0.4 is 0 Å². The van der Waals surface area contributed by atoms with E-state index in [1.54, 1.807) is 0 Å². The third-order valence-electron chi connectivity index (χ3n) is 1.41. The molecule has 0 spiro atoms. The maximum Gasteiger partial charge on any atom is 0.0474 e. The number of rotatable bonds is 2. The van der Waals surface area contributed by atoms with Crippen molar-refractivity contribution in [3.8, 4) is 0 Å². The van der Waals surface area contributed by atoms with Gasteiger partial charge in [0.2, 0.25) is 0 Å². The number of benzene rings is 1. The maximum absolute atomic E-state index is 5.62. The second kappa shape index (κ2) is 3.93. The molecule has 0 saturated carbocycles. The van der Waals surface area contributed by atoms with Gasteiger partial charge in [0.25, 0.3) is 0 Å². The van der Waals surface area contributed by atoms with Gasteiger partial charge in [-0.2, -0.15) is 0 Å². The van der Waals surface area contributed by atoms with Crippen LogP contribution in [0.5, 0.6) is 0 Å². The van der Waals surface area contributed by atoms with Crippen molar-refractivity contribution >= 4 is 33.1 Å². The normalized spacial score (nSPS) is 9.64. The van der Waals surface area contributed by atoms with Crippen LogP contribution in [0.25, 0.3) is 5.57 Å². The first kappa shape index (κ1) is 8.82. The number of hydrogen-bond donors (Lipinski definition) is 0. The van der Waals surface area contributed by atoms with E-state index < -0.39 is 0 Å². The summed E-state index contributed by atoms with van der Waals surface area (Å²) in [5.41, 5.74) is 2.06. The van der Waals surface area contributed by atoms with Crippen molar-refractivity contribution in [3.05, 3.63) is 40.9 Å². The number of alkyl halides is 1. The van der Waals surface area contributed by atoms with Crippen LogP contribution in [0.4, 0.5) is 0 Å². The molecule has 0 radical (unpaired) electrons. The molecule has 0 heterocycles. The lowest BCUT2D eigenvalue weighted by atomic mass is 10.1. The summed E-state index contributed by atoms with van der Waals surface area (Å²) in [5.74, 6) is 0.488. The van der Waals surface area contributed by atoms with Crippen LogP contribution in [-0.2, 0) is 0 Å². The van der Waals surface area contributed by atoms with Gasteiger partial charge >= 0.3 is 0 Å². The van der Waals surface area contributed by atoms with Crippen molar-refractivity contribution in [2.75, 3.05) is 5.88 Å². The smallest absolute Gasteiger partial charge is 0.0474 e. The van der Waals surface area contributed by atoms with Crippen LogP contribution in [0.15, 0.2) is 35.3 Å². The van der Waals surface area contributed by atoms with Crippen molar-refractivity contribution in [2.45, 2.75) is 0 Å². The molecule has 1 rings (SSSR count). The first-order valence-electron chi connectivity index (χ1n) is 3.23. The Labute approximate surface area is 80.0 Å². The average molecular weight is 232 g/mol. The Morgan fingerprint density at radius 2 is 1.91 bits per heavy atom. The lowest BCUT2D eigenvalue weighted by Gasteiger charge is -2.00. The summed E-state index contributed by atoms with van der Waals surface area (Å²) in [4.78, 5) is 0. The Kier molecular flexibility index (Phi) is 3.16. The third kappa shape index (κ3) is 2.35. The molecule has 0 atom stereocenters. The number of allylic oxidation sites excluding steroid dienone is 1. The van der Waals surface area contributed by atoms with E-state index in [1.807, 2.05) is 24.3 Å². The van der Waals surface area contributed by atoms with E-state index in [0.29, 0.717) is 5.88 Å². The largest absolute Gasteiger partial charge is 0.122 e. The van der Waals surface area contributed by atoms with Crippen molar-refractivity contribution in [1.82, 2.24) is 0 Å². The molecule has 11 heavy (non-hydrogen) atoms. The molecule has 2 heteroatoms. The Bertz CT molecular complexity index is 251. The summed E-state index contributed by atoms with van der Waals surface area (Å²) in [7, 11) is 0. The molecule has 0 aliphatic rings. The van der Waals surface area contributed by atoms with E-state index in [-0.39, 0.29) is 0 Å². The van der Waals surface area contributed by atoms with Gasteiger partial charge in [-0.15, -0.1) is 11.6 Å². The molecule has 0 aliphatic heterocycles. The minimum absolute atomic E-state index is 0.488. The molecule has 0 aromatic heterocycles. The molecule has 0 N–H and O–H groups in total. The van der Waals surface area contributed by atoms with Gasteiger partial charge < -0.3 is 0 Å². The van der Waals surface area contributed by atoms with Gasteiger partial charge in [0, 0.05) is 10.4 Å². The van der Waals surface area contributed by atoms with Crippen molar-refractivity contribution in [3.63, 3.8) is 0 Å². The molecule has 0 fully saturated rings. The second-order valence-corrected chi connectivity index (χ2v) is 3.43. The molecule has 58 valence electrons. The summed E-state index contributed by atoms with van der Waals surface area (Å²) < 4.78 is 1.07. The topological polar surface area (TPSA) is 0 Å². The van der Waals surface area contributed by atoms with Gasteiger partial charge in [0.05, 0.1) is 0 Å². The molecule has 0 unspecified atom stereocenters. The van der Waals surface area contributed by atoms with Crippen LogP contribution in [0.1, 0.15) is 5.56 Å². The zero-order chi connectivity index (χ0) is 8.27. The van der Waals surface area contributed by atoms with Crippen LogP contribution in [-0.4, -0.2) is 5.88 Å². The highest BCUT2D eigenvalue weighted by atomic mass is 79.9. The first-order chi connectivity index (χ1) is 5.24. The van der Waals surface area contributed by atoms with Crippen molar-refractivity contribution < 1.29 is 0 Å². The second-order valence-electron chi connectivity index (χ2n) is 2.24. The Balaban J connectivity index is 2.90. The van der Waals surface area contributed by atoms with Crippen LogP contribution in [0.3, 0.4) is 0 Å². The first-order valence-corrected chi connectivity index (χ1v) is 4.56. The Morgan fingerprint density at radius 3 is 2.36 bits per heavy atom. The van der Waals surface area contributed by atoms with Gasteiger partial charge in [0.1, 0.15) is 0 Å². The van der Waals surface area contributed by atoms with Crippen LogP contribution >= 0.6 is 27.5 Å². The summed E-state index contributed by atoms with van der Waals surface area (Å²) in [6.45, 7) is 3.83. The number of hydrogen-bond acceptors (Lipinski definition) is 0. The maximum atomic E-state index is 5.62. The van der Waals surface area contributed by atoms with Gasteiger partial charge in [-0.25, -0.2) is 0 Å². The monoisotopic (exact) mass is 230 g/mol. The van der Waals surface area contributed by atoms with Crippen molar-refractivity contribution in [1.29, 1.82) is 0 Å².